The van der Waals surface area contributed by atoms with Crippen LogP contribution in [0.25, 0.3) is 0 Å². The van der Waals surface area contributed by atoms with E-state index in [0.717, 1.165) is 0 Å². The van der Waals surface area contributed by atoms with Crippen molar-refractivity contribution >= 4 is 11.8 Å². The second kappa shape index (κ2) is 3.30. The Hall–Kier alpha value is -0.790. The third-order valence-corrected chi connectivity index (χ3v) is 2.02. The Morgan fingerprint density at radius 2 is 2.17 bits per heavy atom. The molecule has 0 saturated heterocycles. The average Bonchev–Trinajstić information content (AvgIpc) is 2.29. The number of halogens is 3. The highest BCUT2D eigenvalue weighted by Crippen LogP contribution is 2.24. The van der Waals surface area contributed by atoms with Gasteiger partial charge in [0.05, 0.1) is 5.75 Å². The monoisotopic (exact) mass is 198 g/mol. The van der Waals surface area contributed by atoms with Crippen molar-refractivity contribution in [3.8, 4) is 0 Å². The number of hydrogen-bond donors (Lipinski definition) is 0. The molecule has 0 aliphatic heterocycles. The molecule has 0 saturated carbocycles. The summed E-state index contributed by atoms with van der Waals surface area (Å²) in [5, 5.41) is 10.1. The van der Waals surface area contributed by atoms with E-state index in [1.54, 1.807) is 0 Å². The Balaban J connectivity index is 2.49. The fourth-order valence-corrected chi connectivity index (χ4v) is 1.10. The van der Waals surface area contributed by atoms with Crippen LogP contribution in [0.3, 0.4) is 0 Å². The van der Waals surface area contributed by atoms with E-state index in [0.29, 0.717) is 11.8 Å². The minimum atomic E-state index is -4.18. The van der Waals surface area contributed by atoms with Gasteiger partial charge in [-0.05, 0) is 10.4 Å². The molecule has 0 atom stereocenters. The normalized spacial score (nSPS) is 12.0. The molecule has 0 radical (unpaired) electrons. The SMILES string of the molecule is Cn1nnnc1SCC(F)(F)F. The van der Waals surface area contributed by atoms with Crippen molar-refractivity contribution in [3.63, 3.8) is 0 Å². The standard InChI is InChI=1S/C4H5F3N4S/c1-11-3(8-9-10-11)12-2-4(5,6)7/h2H2,1H3. The highest BCUT2D eigenvalue weighted by molar-refractivity contribution is 7.99. The molecule has 8 heteroatoms. The van der Waals surface area contributed by atoms with Crippen molar-refractivity contribution < 1.29 is 13.2 Å². The van der Waals surface area contributed by atoms with Crippen LogP contribution in [-0.4, -0.2) is 32.1 Å². The first-order chi connectivity index (χ1) is 5.49. The van der Waals surface area contributed by atoms with Crippen LogP contribution in [0.5, 0.6) is 0 Å². The lowest BCUT2D eigenvalue weighted by atomic mass is 10.8. The van der Waals surface area contributed by atoms with E-state index in [9.17, 15) is 13.2 Å². The Morgan fingerprint density at radius 1 is 1.50 bits per heavy atom. The zero-order chi connectivity index (χ0) is 9.19. The summed E-state index contributed by atoms with van der Waals surface area (Å²) in [6.45, 7) is 0. The van der Waals surface area contributed by atoms with Crippen molar-refractivity contribution in [1.82, 2.24) is 20.2 Å². The van der Waals surface area contributed by atoms with Crippen molar-refractivity contribution in [2.24, 2.45) is 7.05 Å². The van der Waals surface area contributed by atoms with E-state index in [-0.39, 0.29) is 5.16 Å². The third-order valence-electron chi connectivity index (χ3n) is 0.946. The molecule has 12 heavy (non-hydrogen) atoms. The summed E-state index contributed by atoms with van der Waals surface area (Å²) < 4.78 is 36.2. The Bertz CT molecular complexity index is 257. The topological polar surface area (TPSA) is 43.6 Å². The number of rotatable bonds is 2. The van der Waals surface area contributed by atoms with Crippen LogP contribution in [0.1, 0.15) is 0 Å². The maximum Gasteiger partial charge on any atom is 0.398 e. The van der Waals surface area contributed by atoms with Crippen LogP contribution in [0, 0.1) is 0 Å². The van der Waals surface area contributed by atoms with E-state index >= 15 is 0 Å². The van der Waals surface area contributed by atoms with Crippen molar-refractivity contribution in [2.45, 2.75) is 11.3 Å². The Morgan fingerprint density at radius 3 is 2.58 bits per heavy atom. The number of thioether (sulfide) groups is 1. The molecule has 1 aromatic heterocycles. The predicted octanol–water partition coefficient (Wildman–Crippen LogP) is 0.864. The summed E-state index contributed by atoms with van der Waals surface area (Å²) in [5.41, 5.74) is 0. The van der Waals surface area contributed by atoms with Crippen molar-refractivity contribution in [2.75, 3.05) is 5.75 Å². The van der Waals surface area contributed by atoms with E-state index in [1.807, 2.05) is 0 Å². The first kappa shape index (κ1) is 9.30. The lowest BCUT2D eigenvalue weighted by molar-refractivity contribution is -0.105. The zero-order valence-corrected chi connectivity index (χ0v) is 6.85. The smallest absolute Gasteiger partial charge is 0.224 e. The van der Waals surface area contributed by atoms with Crippen molar-refractivity contribution in [3.05, 3.63) is 0 Å². The molecule has 0 amide bonds. The van der Waals surface area contributed by atoms with Gasteiger partial charge in [0.2, 0.25) is 5.16 Å². The fourth-order valence-electron chi connectivity index (χ4n) is 0.490. The van der Waals surface area contributed by atoms with Crippen molar-refractivity contribution in [1.29, 1.82) is 0 Å². The molecule has 0 aliphatic carbocycles. The van der Waals surface area contributed by atoms with Gasteiger partial charge in [0.25, 0.3) is 0 Å². The molecule has 0 fully saturated rings. The maximum atomic E-state index is 11.7. The summed E-state index contributed by atoms with van der Waals surface area (Å²) in [6.07, 6.45) is -4.18. The summed E-state index contributed by atoms with van der Waals surface area (Å²) in [5.74, 6) is -0.971. The van der Waals surface area contributed by atoms with E-state index in [4.69, 9.17) is 0 Å². The van der Waals surface area contributed by atoms with Crippen LogP contribution >= 0.6 is 11.8 Å². The molecular weight excluding hydrogens is 193 g/mol. The minimum Gasteiger partial charge on any atom is -0.224 e. The van der Waals surface area contributed by atoms with Gasteiger partial charge in [-0.25, -0.2) is 4.68 Å². The van der Waals surface area contributed by atoms with Crippen LogP contribution in [0.15, 0.2) is 5.16 Å². The highest BCUT2D eigenvalue weighted by atomic mass is 32.2. The summed E-state index contributed by atoms with van der Waals surface area (Å²) in [6, 6.07) is 0. The quantitative estimate of drug-likeness (QED) is 0.661. The van der Waals surface area contributed by atoms with Crippen LogP contribution < -0.4 is 0 Å². The van der Waals surface area contributed by atoms with Gasteiger partial charge in [0, 0.05) is 7.05 Å². The molecule has 1 aromatic rings. The lowest BCUT2D eigenvalue weighted by Gasteiger charge is -2.03. The Kier molecular flexibility index (Phi) is 2.55. The minimum absolute atomic E-state index is 0.160. The van der Waals surface area contributed by atoms with Gasteiger partial charge < -0.3 is 0 Å². The van der Waals surface area contributed by atoms with Gasteiger partial charge >= 0.3 is 6.18 Å². The molecule has 0 aliphatic rings. The van der Waals surface area contributed by atoms with Crippen LogP contribution in [-0.2, 0) is 7.05 Å². The van der Waals surface area contributed by atoms with Gasteiger partial charge in [-0.15, -0.1) is 5.10 Å². The average molecular weight is 198 g/mol. The molecule has 0 unspecified atom stereocenters. The summed E-state index contributed by atoms with van der Waals surface area (Å²) in [7, 11) is 1.48. The van der Waals surface area contributed by atoms with Crippen LogP contribution in [0.2, 0.25) is 0 Å². The lowest BCUT2D eigenvalue weighted by Crippen LogP contribution is -2.11. The van der Waals surface area contributed by atoms with E-state index in [2.05, 4.69) is 15.5 Å². The van der Waals surface area contributed by atoms with Crippen LogP contribution in [0.4, 0.5) is 13.2 Å². The van der Waals surface area contributed by atoms with E-state index in [1.165, 1.54) is 11.7 Å². The maximum absolute atomic E-state index is 11.7. The third kappa shape index (κ3) is 2.68. The van der Waals surface area contributed by atoms with Gasteiger partial charge in [0.1, 0.15) is 0 Å². The van der Waals surface area contributed by atoms with Gasteiger partial charge in [-0.3, -0.25) is 0 Å². The number of alkyl halides is 3. The second-order valence-corrected chi connectivity index (χ2v) is 2.93. The number of aryl methyl sites for hydroxylation is 1. The number of tetrazole rings is 1. The summed E-state index contributed by atoms with van der Waals surface area (Å²) in [4.78, 5) is 0. The first-order valence-corrected chi connectivity index (χ1v) is 3.89. The molecule has 68 valence electrons. The second-order valence-electron chi connectivity index (χ2n) is 1.99. The highest BCUT2D eigenvalue weighted by Gasteiger charge is 2.28. The predicted molar refractivity (Wildman–Crippen MR) is 35.6 cm³/mol. The zero-order valence-electron chi connectivity index (χ0n) is 6.04. The number of hydrogen-bond acceptors (Lipinski definition) is 4. The largest absolute Gasteiger partial charge is 0.398 e. The molecule has 4 nitrogen and oxygen atoms in total. The molecule has 1 rings (SSSR count). The molecular formula is C4H5F3N4S. The van der Waals surface area contributed by atoms with Gasteiger partial charge in [-0.2, -0.15) is 13.2 Å². The first-order valence-electron chi connectivity index (χ1n) is 2.91. The number of nitrogens with zero attached hydrogens (tertiary/aromatic N) is 4. The molecule has 1 heterocycles. The summed E-state index contributed by atoms with van der Waals surface area (Å²) >= 11 is 0.562. The van der Waals surface area contributed by atoms with Gasteiger partial charge in [-0.1, -0.05) is 11.8 Å². The Labute approximate surface area is 70.1 Å². The molecule has 0 aromatic carbocycles. The molecule has 0 N–H and O–H groups in total. The molecule has 0 bridgehead atoms. The fraction of sp³-hybridized carbons (Fsp3) is 0.750. The molecule has 0 spiro atoms. The van der Waals surface area contributed by atoms with E-state index < -0.39 is 11.9 Å². The van der Waals surface area contributed by atoms with Gasteiger partial charge in [0.15, 0.2) is 0 Å². The number of aromatic nitrogens is 4.